The maximum atomic E-state index is 12.4. The van der Waals surface area contributed by atoms with E-state index in [1.165, 1.54) is 12.2 Å². The smallest absolute Gasteiger partial charge is 0.416 e. The van der Waals surface area contributed by atoms with Crippen molar-refractivity contribution in [2.24, 2.45) is 0 Å². The van der Waals surface area contributed by atoms with Crippen molar-refractivity contribution in [3.8, 4) is 0 Å². The molecule has 0 spiro atoms. The molecule has 2 aromatic rings. The minimum Gasteiger partial charge on any atom is -0.458 e. The van der Waals surface area contributed by atoms with E-state index in [2.05, 4.69) is 0 Å². The van der Waals surface area contributed by atoms with Crippen LogP contribution in [-0.2, 0) is 10.9 Å². The van der Waals surface area contributed by atoms with Crippen LogP contribution in [0.5, 0.6) is 0 Å². The molecule has 0 radical (unpaired) electrons. The fourth-order valence-electron chi connectivity index (χ4n) is 1.86. The first-order valence-electron chi connectivity index (χ1n) is 6.98. The van der Waals surface area contributed by atoms with Gasteiger partial charge in [0.05, 0.1) is 11.1 Å². The number of hydrogen-bond donors (Lipinski definition) is 0. The van der Waals surface area contributed by atoms with E-state index >= 15 is 0 Å². The topological polar surface area (TPSA) is 43.4 Å². The second kappa shape index (κ2) is 7.59. The van der Waals surface area contributed by atoms with Crippen molar-refractivity contribution >= 4 is 11.8 Å². The van der Waals surface area contributed by atoms with Gasteiger partial charge in [-0.2, -0.15) is 13.2 Å². The summed E-state index contributed by atoms with van der Waals surface area (Å²) in [6.07, 6.45) is -1.81. The number of carbonyl (C=O) groups excluding carboxylic acids is 2. The van der Waals surface area contributed by atoms with E-state index < -0.39 is 17.7 Å². The summed E-state index contributed by atoms with van der Waals surface area (Å²) in [6, 6.07) is 12.3. The first-order valence-corrected chi connectivity index (χ1v) is 6.98. The zero-order valence-electron chi connectivity index (χ0n) is 12.4. The highest BCUT2D eigenvalue weighted by molar-refractivity contribution is 6.04. The average Bonchev–Trinajstić information content (AvgIpc) is 2.58. The third kappa shape index (κ3) is 4.81. The number of carbonyl (C=O) groups is 2. The van der Waals surface area contributed by atoms with Crippen LogP contribution in [0.3, 0.4) is 0 Å². The Morgan fingerprint density at radius 1 is 0.917 bits per heavy atom. The molecule has 0 fully saturated rings. The molecule has 6 heteroatoms. The van der Waals surface area contributed by atoms with E-state index in [9.17, 15) is 22.8 Å². The van der Waals surface area contributed by atoms with E-state index in [4.69, 9.17) is 4.74 Å². The Kier molecular flexibility index (Phi) is 5.52. The first-order chi connectivity index (χ1) is 11.4. The van der Waals surface area contributed by atoms with Crippen molar-refractivity contribution in [3.05, 3.63) is 83.4 Å². The van der Waals surface area contributed by atoms with Crippen LogP contribution in [-0.4, -0.2) is 18.4 Å². The first kappa shape index (κ1) is 17.5. The molecule has 0 saturated carbocycles. The summed E-state index contributed by atoms with van der Waals surface area (Å²) in [5, 5.41) is 0. The molecule has 2 aromatic carbocycles. The highest BCUT2D eigenvalue weighted by Gasteiger charge is 2.30. The molecule has 0 bridgehead atoms. The second-order valence-corrected chi connectivity index (χ2v) is 4.81. The Morgan fingerprint density at radius 3 is 2.12 bits per heavy atom. The van der Waals surface area contributed by atoms with Crippen molar-refractivity contribution in [3.63, 3.8) is 0 Å². The second-order valence-electron chi connectivity index (χ2n) is 4.81. The highest BCUT2D eigenvalue weighted by atomic mass is 19.4. The van der Waals surface area contributed by atoms with Crippen molar-refractivity contribution in [1.82, 2.24) is 0 Å². The summed E-state index contributed by atoms with van der Waals surface area (Å²) in [7, 11) is 0. The normalized spacial score (nSPS) is 11.5. The van der Waals surface area contributed by atoms with Gasteiger partial charge in [-0.25, -0.2) is 4.79 Å². The Bertz CT molecular complexity index is 732. The molecular formula is C18H13F3O3. The number of ether oxygens (including phenoxy) is 1. The Labute approximate surface area is 136 Å². The number of alkyl halides is 3. The monoisotopic (exact) mass is 334 g/mol. The van der Waals surface area contributed by atoms with Gasteiger partial charge in [-0.05, 0) is 36.4 Å². The molecule has 0 saturated heterocycles. The van der Waals surface area contributed by atoms with Gasteiger partial charge in [-0.3, -0.25) is 4.79 Å². The van der Waals surface area contributed by atoms with E-state index in [0.29, 0.717) is 5.56 Å². The summed E-state index contributed by atoms with van der Waals surface area (Å²) in [5.74, 6) is -0.998. The molecule has 2 rings (SSSR count). The maximum Gasteiger partial charge on any atom is 0.416 e. The molecule has 0 aliphatic heterocycles. The quantitative estimate of drug-likeness (QED) is 0.465. The summed E-state index contributed by atoms with van der Waals surface area (Å²) in [4.78, 5) is 23.5. The van der Waals surface area contributed by atoms with Crippen molar-refractivity contribution in [2.45, 2.75) is 6.18 Å². The number of halogens is 3. The molecule has 0 heterocycles. The molecule has 0 N–H and O–H groups in total. The number of ketones is 1. The molecule has 0 amide bonds. The number of allylic oxidation sites excluding steroid dienone is 1. The van der Waals surface area contributed by atoms with Gasteiger partial charge in [0.2, 0.25) is 0 Å². The van der Waals surface area contributed by atoms with Crippen LogP contribution in [0.15, 0.2) is 66.7 Å². The lowest BCUT2D eigenvalue weighted by Crippen LogP contribution is -2.08. The lowest BCUT2D eigenvalue weighted by molar-refractivity contribution is -0.137. The molecule has 0 unspecified atom stereocenters. The van der Waals surface area contributed by atoms with Gasteiger partial charge in [-0.15, -0.1) is 0 Å². The van der Waals surface area contributed by atoms with Crippen molar-refractivity contribution < 1.29 is 27.5 Å². The predicted molar refractivity (Wildman–Crippen MR) is 81.6 cm³/mol. The largest absolute Gasteiger partial charge is 0.458 e. The third-order valence-electron chi connectivity index (χ3n) is 3.09. The molecular weight excluding hydrogens is 321 g/mol. The standard InChI is InChI=1S/C18H13F3O3/c19-18(20,21)15-10-8-14(9-11-15)17(23)24-12-4-7-16(22)13-5-2-1-3-6-13/h1-11H,12H2/b7-4+. The Balaban J connectivity index is 1.87. The van der Waals surface area contributed by atoms with Gasteiger partial charge in [0.1, 0.15) is 6.61 Å². The highest BCUT2D eigenvalue weighted by Crippen LogP contribution is 2.29. The predicted octanol–water partition coefficient (Wildman–Crippen LogP) is 4.30. The van der Waals surface area contributed by atoms with Crippen molar-refractivity contribution in [1.29, 1.82) is 0 Å². The van der Waals surface area contributed by atoms with Crippen LogP contribution >= 0.6 is 0 Å². The number of hydrogen-bond acceptors (Lipinski definition) is 3. The van der Waals surface area contributed by atoms with Gasteiger partial charge in [0.15, 0.2) is 5.78 Å². The summed E-state index contributed by atoms with van der Waals surface area (Å²) in [6.45, 7) is -0.154. The van der Waals surface area contributed by atoms with E-state index in [1.807, 2.05) is 0 Å². The fourth-order valence-corrected chi connectivity index (χ4v) is 1.86. The zero-order chi connectivity index (χ0) is 17.6. The van der Waals surface area contributed by atoms with Crippen LogP contribution in [0.25, 0.3) is 0 Å². The lowest BCUT2D eigenvalue weighted by Gasteiger charge is -2.07. The minimum absolute atomic E-state index is 0.00536. The number of rotatable bonds is 5. The van der Waals surface area contributed by atoms with Crippen molar-refractivity contribution in [2.75, 3.05) is 6.61 Å². The SMILES string of the molecule is O=C(/C=C/COC(=O)c1ccc(C(F)(F)F)cc1)c1ccccc1. The summed E-state index contributed by atoms with van der Waals surface area (Å²) in [5.41, 5.74) is -0.332. The van der Waals surface area contributed by atoms with E-state index in [1.54, 1.807) is 30.3 Å². The Morgan fingerprint density at radius 2 is 1.54 bits per heavy atom. The molecule has 24 heavy (non-hydrogen) atoms. The molecule has 3 nitrogen and oxygen atoms in total. The van der Waals surface area contributed by atoms with Gasteiger partial charge >= 0.3 is 12.1 Å². The molecule has 124 valence electrons. The number of esters is 1. The van der Waals surface area contributed by atoms with Crippen LogP contribution in [0.2, 0.25) is 0 Å². The van der Waals surface area contributed by atoms with Gasteiger partial charge in [0.25, 0.3) is 0 Å². The zero-order valence-corrected chi connectivity index (χ0v) is 12.4. The van der Waals surface area contributed by atoms with Crippen LogP contribution in [0.1, 0.15) is 26.3 Å². The average molecular weight is 334 g/mol. The van der Waals surface area contributed by atoms with Gasteiger partial charge < -0.3 is 4.74 Å². The number of benzene rings is 2. The van der Waals surface area contributed by atoms with Gasteiger partial charge in [0, 0.05) is 5.56 Å². The molecule has 0 aromatic heterocycles. The minimum atomic E-state index is -4.46. The maximum absolute atomic E-state index is 12.4. The molecule has 0 aliphatic rings. The molecule has 0 atom stereocenters. The van der Waals surface area contributed by atoms with Crippen LogP contribution in [0, 0.1) is 0 Å². The van der Waals surface area contributed by atoms with Crippen LogP contribution in [0.4, 0.5) is 13.2 Å². The van der Waals surface area contributed by atoms with E-state index in [0.717, 1.165) is 24.3 Å². The van der Waals surface area contributed by atoms with Gasteiger partial charge in [-0.1, -0.05) is 30.3 Å². The summed E-state index contributed by atoms with van der Waals surface area (Å²) >= 11 is 0. The van der Waals surface area contributed by atoms with E-state index in [-0.39, 0.29) is 18.0 Å². The molecule has 0 aliphatic carbocycles. The fraction of sp³-hybridized carbons (Fsp3) is 0.111. The lowest BCUT2D eigenvalue weighted by atomic mass is 10.1. The Hall–Kier alpha value is -2.89. The van der Waals surface area contributed by atoms with Crippen LogP contribution < -0.4 is 0 Å². The third-order valence-corrected chi connectivity index (χ3v) is 3.09. The summed E-state index contributed by atoms with van der Waals surface area (Å²) < 4.78 is 42.2.